The Bertz CT molecular complexity index is 1770. The lowest BCUT2D eigenvalue weighted by molar-refractivity contribution is 0.512. The fourth-order valence-corrected chi connectivity index (χ4v) is 5.58. The lowest BCUT2D eigenvalue weighted by atomic mass is 9.90. The van der Waals surface area contributed by atoms with E-state index < -0.39 is 0 Å². The molecule has 4 aromatic heterocycles. The van der Waals surface area contributed by atoms with E-state index in [1.807, 2.05) is 49.5 Å². The van der Waals surface area contributed by atoms with Gasteiger partial charge in [-0.1, -0.05) is 91.8 Å². The molecule has 0 amide bonds. The maximum absolute atomic E-state index is 5.32. The zero-order chi connectivity index (χ0) is 32.9. The molecule has 0 saturated carbocycles. The number of hydrogen-bond acceptors (Lipinski definition) is 4. The number of pyridine rings is 1. The zero-order valence-corrected chi connectivity index (χ0v) is 28.7. The van der Waals surface area contributed by atoms with Gasteiger partial charge < -0.3 is 0 Å². The Labute approximate surface area is 264 Å². The molecular formula is C37H51N7. The number of nitrogens with zero attached hydrogens (tertiary/aromatic N) is 7. The van der Waals surface area contributed by atoms with Crippen molar-refractivity contribution in [1.29, 1.82) is 0 Å². The third kappa shape index (κ3) is 6.77. The predicted octanol–water partition coefficient (Wildman–Crippen LogP) is 9.50. The molecule has 0 fully saturated rings. The molecule has 7 nitrogen and oxygen atoms in total. The first kappa shape index (κ1) is 34.2. The van der Waals surface area contributed by atoms with Crippen LogP contribution < -0.4 is 0 Å². The molecule has 0 saturated heterocycles. The van der Waals surface area contributed by atoms with Crippen LogP contribution in [0.2, 0.25) is 0 Å². The highest BCUT2D eigenvalue weighted by Crippen LogP contribution is 2.38. The van der Waals surface area contributed by atoms with Crippen molar-refractivity contribution in [3.05, 3.63) is 91.1 Å². The highest BCUT2D eigenvalue weighted by molar-refractivity contribution is 5.94. The van der Waals surface area contributed by atoms with Gasteiger partial charge in [-0.05, 0) is 31.9 Å². The highest BCUT2D eigenvalue weighted by Gasteiger charge is 2.27. The van der Waals surface area contributed by atoms with E-state index in [4.69, 9.17) is 15.2 Å². The molecule has 1 atom stereocenters. The summed E-state index contributed by atoms with van der Waals surface area (Å²) in [6.07, 6.45) is 8.29. The summed E-state index contributed by atoms with van der Waals surface area (Å²) in [4.78, 5) is 5.03. The molecule has 5 rings (SSSR count). The van der Waals surface area contributed by atoms with Gasteiger partial charge in [0.15, 0.2) is 5.65 Å². The summed E-state index contributed by atoms with van der Waals surface area (Å²) >= 11 is 0. The van der Waals surface area contributed by atoms with Crippen molar-refractivity contribution in [2.24, 2.45) is 13.0 Å². The van der Waals surface area contributed by atoms with Crippen LogP contribution in [0.1, 0.15) is 85.2 Å². The van der Waals surface area contributed by atoms with Crippen molar-refractivity contribution >= 4 is 21.9 Å². The van der Waals surface area contributed by atoms with E-state index in [0.717, 1.165) is 62.4 Å². The van der Waals surface area contributed by atoms with Crippen LogP contribution in [0.4, 0.5) is 0 Å². The molecule has 234 valence electrons. The summed E-state index contributed by atoms with van der Waals surface area (Å²) in [7, 11) is 1.93. The van der Waals surface area contributed by atoms with Gasteiger partial charge in [0.2, 0.25) is 0 Å². The standard InChI is InChI=1S/C33H41N7.C2H6.C2H4/c1-11-13-21(4)22(5)17-39-19-26-25(14-12-15-27(26)35-39)30-29(20(2)3)23(6)40(36-30)28-16-24-18-38(10)37-32(24)34-31(28)33(7,8)9;2*1-2/h11-16,18-20,22H,4,17H2,1-3,5-10H3;1-2H3;1-2H2/b13-11-;;. The second-order valence-electron chi connectivity index (χ2n) is 12.3. The lowest BCUT2D eigenvalue weighted by Gasteiger charge is -2.22. The molecule has 1 aromatic carbocycles. The summed E-state index contributed by atoms with van der Waals surface area (Å²) in [6, 6.07) is 8.51. The van der Waals surface area contributed by atoms with Crippen molar-refractivity contribution in [1.82, 2.24) is 34.3 Å². The Balaban J connectivity index is 0.00000127. The average molecular weight is 594 g/mol. The first-order valence-corrected chi connectivity index (χ1v) is 15.6. The smallest absolute Gasteiger partial charge is 0.181 e. The summed E-state index contributed by atoms with van der Waals surface area (Å²) in [5.74, 6) is 0.568. The third-order valence-corrected chi connectivity index (χ3v) is 7.59. The zero-order valence-electron chi connectivity index (χ0n) is 28.7. The Hall–Kier alpha value is -4.26. The van der Waals surface area contributed by atoms with Gasteiger partial charge in [-0.25, -0.2) is 9.67 Å². The van der Waals surface area contributed by atoms with E-state index in [1.54, 1.807) is 0 Å². The monoisotopic (exact) mass is 593 g/mol. The first-order chi connectivity index (χ1) is 20.9. The molecule has 0 spiro atoms. The van der Waals surface area contributed by atoms with Gasteiger partial charge in [-0.2, -0.15) is 15.3 Å². The number of aromatic nitrogens is 7. The van der Waals surface area contributed by atoms with Crippen LogP contribution in [-0.2, 0) is 19.0 Å². The number of hydrogen-bond donors (Lipinski definition) is 0. The molecule has 44 heavy (non-hydrogen) atoms. The Kier molecular flexibility index (Phi) is 10.9. The molecule has 7 heteroatoms. The van der Waals surface area contributed by atoms with E-state index in [1.165, 1.54) is 5.56 Å². The molecule has 0 aliphatic rings. The van der Waals surface area contributed by atoms with Crippen molar-refractivity contribution in [3.8, 4) is 16.9 Å². The minimum absolute atomic E-state index is 0.188. The number of allylic oxidation sites excluding steroid dienone is 3. The third-order valence-electron chi connectivity index (χ3n) is 7.59. The van der Waals surface area contributed by atoms with E-state index in [2.05, 4.69) is 115 Å². The van der Waals surface area contributed by atoms with Crippen LogP contribution in [0.3, 0.4) is 0 Å². The van der Waals surface area contributed by atoms with E-state index in [0.29, 0.717) is 0 Å². The van der Waals surface area contributed by atoms with Crippen molar-refractivity contribution in [2.75, 3.05) is 0 Å². The van der Waals surface area contributed by atoms with Crippen LogP contribution in [0.5, 0.6) is 0 Å². The van der Waals surface area contributed by atoms with Crippen molar-refractivity contribution < 1.29 is 0 Å². The minimum atomic E-state index is -0.188. The van der Waals surface area contributed by atoms with Crippen LogP contribution in [-0.4, -0.2) is 34.3 Å². The number of fused-ring (bicyclic) bond motifs is 2. The van der Waals surface area contributed by atoms with Crippen LogP contribution in [0, 0.1) is 12.8 Å². The predicted molar refractivity (Wildman–Crippen MR) is 188 cm³/mol. The summed E-state index contributed by atoms with van der Waals surface area (Å²) in [6.45, 7) is 32.4. The molecule has 0 bridgehead atoms. The molecule has 0 radical (unpaired) electrons. The average Bonchev–Trinajstić information content (AvgIpc) is 3.67. The van der Waals surface area contributed by atoms with Crippen LogP contribution >= 0.6 is 0 Å². The van der Waals surface area contributed by atoms with E-state index in [-0.39, 0.29) is 17.3 Å². The topological polar surface area (TPSA) is 66.3 Å². The molecule has 0 aliphatic carbocycles. The largest absolute Gasteiger partial charge is 0.273 e. The van der Waals surface area contributed by atoms with Gasteiger partial charge in [-0.15, -0.1) is 13.2 Å². The molecular weight excluding hydrogens is 542 g/mol. The SMILES string of the molecule is C=C.C=C(/C=C\C)C(C)Cn1cc2c(-c3nn(-c4cc5cn(C)nc5nc4C(C)(C)C)c(C)c3C(C)C)cccc2n1.CC. The summed E-state index contributed by atoms with van der Waals surface area (Å²) < 4.78 is 5.96. The fourth-order valence-electron chi connectivity index (χ4n) is 5.58. The van der Waals surface area contributed by atoms with Gasteiger partial charge in [0, 0.05) is 64.9 Å². The van der Waals surface area contributed by atoms with Crippen molar-refractivity contribution in [2.45, 2.75) is 87.1 Å². The van der Waals surface area contributed by atoms with Gasteiger partial charge in [0.05, 0.1) is 22.6 Å². The highest BCUT2D eigenvalue weighted by atomic mass is 15.3. The van der Waals surface area contributed by atoms with Crippen molar-refractivity contribution in [3.63, 3.8) is 0 Å². The Morgan fingerprint density at radius 2 is 1.70 bits per heavy atom. The first-order valence-electron chi connectivity index (χ1n) is 15.6. The normalized spacial score (nSPS) is 12.4. The molecule has 5 aromatic rings. The molecule has 4 heterocycles. The number of benzene rings is 1. The maximum Gasteiger partial charge on any atom is 0.181 e. The lowest BCUT2D eigenvalue weighted by Crippen LogP contribution is -2.18. The van der Waals surface area contributed by atoms with E-state index in [9.17, 15) is 0 Å². The Morgan fingerprint density at radius 1 is 1.02 bits per heavy atom. The number of rotatable bonds is 7. The van der Waals surface area contributed by atoms with Gasteiger partial charge in [-0.3, -0.25) is 9.36 Å². The fraction of sp³-hybridized carbons (Fsp3) is 0.405. The summed E-state index contributed by atoms with van der Waals surface area (Å²) in [5, 5.41) is 16.9. The number of aryl methyl sites for hydroxylation is 1. The van der Waals surface area contributed by atoms with Gasteiger partial charge >= 0.3 is 0 Å². The van der Waals surface area contributed by atoms with Gasteiger partial charge in [0.1, 0.15) is 0 Å². The molecule has 1 unspecified atom stereocenters. The minimum Gasteiger partial charge on any atom is -0.273 e. The maximum atomic E-state index is 5.32. The van der Waals surface area contributed by atoms with Crippen LogP contribution in [0.15, 0.2) is 74.1 Å². The van der Waals surface area contributed by atoms with E-state index >= 15 is 0 Å². The second kappa shape index (κ2) is 14.0. The van der Waals surface area contributed by atoms with Gasteiger partial charge in [0.25, 0.3) is 0 Å². The summed E-state index contributed by atoms with van der Waals surface area (Å²) in [5.41, 5.74) is 9.08. The molecule has 0 N–H and O–H groups in total. The molecule has 0 aliphatic heterocycles. The Morgan fingerprint density at radius 3 is 2.32 bits per heavy atom. The van der Waals surface area contributed by atoms with Crippen LogP contribution in [0.25, 0.3) is 38.9 Å². The quantitative estimate of drug-likeness (QED) is 0.139. The second-order valence-corrected chi connectivity index (χ2v) is 12.3.